The van der Waals surface area contributed by atoms with E-state index in [9.17, 15) is 14.9 Å². The second-order valence-corrected chi connectivity index (χ2v) is 4.24. The number of nitro groups is 1. The van der Waals surface area contributed by atoms with Crippen molar-refractivity contribution in [3.63, 3.8) is 0 Å². The van der Waals surface area contributed by atoms with E-state index >= 15 is 0 Å². The lowest BCUT2D eigenvalue weighted by atomic mass is 9.99. The van der Waals surface area contributed by atoms with E-state index in [4.69, 9.17) is 4.52 Å². The van der Waals surface area contributed by atoms with Crippen LogP contribution in [0.3, 0.4) is 0 Å². The molecule has 0 atom stereocenters. The predicted molar refractivity (Wildman–Crippen MR) is 65.5 cm³/mol. The average molecular weight is 248 g/mol. The molecule has 6 heteroatoms. The summed E-state index contributed by atoms with van der Waals surface area (Å²) in [6, 6.07) is 5.96. The van der Waals surface area contributed by atoms with Gasteiger partial charge in [-0.1, -0.05) is 13.8 Å². The van der Waals surface area contributed by atoms with E-state index in [0.29, 0.717) is 16.8 Å². The van der Waals surface area contributed by atoms with Gasteiger partial charge in [0.2, 0.25) is 0 Å². The molecule has 0 aliphatic heterocycles. The minimum atomic E-state index is -0.467. The predicted octanol–water partition coefficient (Wildman–Crippen LogP) is 2.67. The lowest BCUT2D eigenvalue weighted by molar-refractivity contribution is -0.384. The number of aromatic nitrogens is 1. The molecule has 6 nitrogen and oxygen atoms in total. The Morgan fingerprint density at radius 2 is 1.89 bits per heavy atom. The molecule has 0 spiro atoms. The van der Waals surface area contributed by atoms with E-state index in [1.54, 1.807) is 12.1 Å². The molecule has 0 aliphatic rings. The third-order valence-corrected chi connectivity index (χ3v) is 2.68. The third kappa shape index (κ3) is 2.04. The molecule has 1 N–H and O–H groups in total. The maximum atomic E-state index is 11.5. The molecule has 0 unspecified atom stereocenters. The molecule has 94 valence electrons. The van der Waals surface area contributed by atoms with Crippen LogP contribution in [0.25, 0.3) is 11.3 Å². The first-order chi connectivity index (χ1) is 8.50. The molecule has 0 amide bonds. The number of nitrogens with zero attached hydrogens (tertiary/aromatic N) is 1. The van der Waals surface area contributed by atoms with Gasteiger partial charge in [0.05, 0.1) is 16.2 Å². The molecule has 1 heterocycles. The molecule has 0 aliphatic carbocycles. The van der Waals surface area contributed by atoms with E-state index in [1.165, 1.54) is 12.1 Å². The highest BCUT2D eigenvalue weighted by Gasteiger charge is 2.17. The first-order valence-electron chi connectivity index (χ1n) is 5.47. The first kappa shape index (κ1) is 12.1. The van der Waals surface area contributed by atoms with Crippen molar-refractivity contribution in [3.05, 3.63) is 50.4 Å². The summed E-state index contributed by atoms with van der Waals surface area (Å²) in [5, 5.41) is 13.1. The second-order valence-electron chi connectivity index (χ2n) is 4.24. The molecular weight excluding hydrogens is 236 g/mol. The molecule has 0 saturated carbocycles. The zero-order chi connectivity index (χ0) is 13.3. The Hall–Kier alpha value is -2.37. The van der Waals surface area contributed by atoms with Gasteiger partial charge in [0.25, 0.3) is 5.69 Å². The van der Waals surface area contributed by atoms with Crippen LogP contribution in [0.1, 0.15) is 25.3 Å². The number of aromatic amines is 1. The lowest BCUT2D eigenvalue weighted by Gasteiger charge is -2.03. The lowest BCUT2D eigenvalue weighted by Crippen LogP contribution is -2.04. The van der Waals surface area contributed by atoms with Crippen molar-refractivity contribution in [2.45, 2.75) is 19.8 Å². The van der Waals surface area contributed by atoms with E-state index in [0.717, 1.165) is 0 Å². The van der Waals surface area contributed by atoms with Crippen molar-refractivity contribution < 1.29 is 9.45 Å². The Morgan fingerprint density at radius 1 is 1.28 bits per heavy atom. The van der Waals surface area contributed by atoms with Gasteiger partial charge in [-0.2, -0.15) is 0 Å². The Morgan fingerprint density at radius 3 is 2.39 bits per heavy atom. The van der Waals surface area contributed by atoms with Crippen LogP contribution in [0.15, 0.2) is 33.6 Å². The molecular formula is C12H12N2O4. The van der Waals surface area contributed by atoms with E-state index < -0.39 is 10.5 Å². The monoisotopic (exact) mass is 248 g/mol. The minimum absolute atomic E-state index is 0.00990. The topological polar surface area (TPSA) is 89.1 Å². The van der Waals surface area contributed by atoms with Gasteiger partial charge in [-0.05, 0) is 18.1 Å². The number of H-pyrrole nitrogens is 1. The largest absolute Gasteiger partial charge is 0.361 e. The summed E-state index contributed by atoms with van der Waals surface area (Å²) >= 11 is 0. The van der Waals surface area contributed by atoms with Gasteiger partial charge in [-0.15, -0.1) is 0 Å². The fraction of sp³-hybridized carbons (Fsp3) is 0.250. The zero-order valence-electron chi connectivity index (χ0n) is 9.97. The Bertz CT molecular complexity index is 622. The van der Waals surface area contributed by atoms with Gasteiger partial charge in [0.1, 0.15) is 0 Å². The van der Waals surface area contributed by atoms with Crippen LogP contribution in [0.4, 0.5) is 5.69 Å². The highest BCUT2D eigenvalue weighted by atomic mass is 16.6. The Kier molecular flexibility index (Phi) is 3.01. The van der Waals surface area contributed by atoms with Crippen LogP contribution in [0.5, 0.6) is 0 Å². The van der Waals surface area contributed by atoms with E-state index in [-0.39, 0.29) is 11.6 Å². The molecule has 0 radical (unpaired) electrons. The summed E-state index contributed by atoms with van der Waals surface area (Å²) in [4.78, 5) is 21.6. The van der Waals surface area contributed by atoms with Crippen molar-refractivity contribution in [2.24, 2.45) is 0 Å². The number of hydrogen-bond donors (Lipinski definition) is 1. The standard InChI is InChI=1S/C12H12N2O4/c1-7(2)10-11(13-18-12(10)15)8-3-5-9(6-4-8)14(16)17/h3-7,13H,1-2H3. The quantitative estimate of drug-likeness (QED) is 0.667. The fourth-order valence-corrected chi connectivity index (χ4v) is 1.80. The zero-order valence-corrected chi connectivity index (χ0v) is 9.97. The molecule has 2 aromatic rings. The van der Waals surface area contributed by atoms with Crippen molar-refractivity contribution in [1.29, 1.82) is 0 Å². The minimum Gasteiger partial charge on any atom is -0.338 e. The number of nitro benzene ring substituents is 1. The van der Waals surface area contributed by atoms with E-state index in [1.807, 2.05) is 13.8 Å². The van der Waals surface area contributed by atoms with Crippen molar-refractivity contribution in [3.8, 4) is 11.3 Å². The van der Waals surface area contributed by atoms with Gasteiger partial charge < -0.3 is 4.52 Å². The van der Waals surface area contributed by atoms with Crippen molar-refractivity contribution in [2.75, 3.05) is 0 Å². The van der Waals surface area contributed by atoms with Crippen LogP contribution in [0, 0.1) is 10.1 Å². The summed E-state index contributed by atoms with van der Waals surface area (Å²) < 4.78 is 4.77. The summed E-state index contributed by atoms with van der Waals surface area (Å²) in [5.41, 5.74) is 1.41. The van der Waals surface area contributed by atoms with Crippen molar-refractivity contribution >= 4 is 5.69 Å². The van der Waals surface area contributed by atoms with Gasteiger partial charge in [-0.3, -0.25) is 10.1 Å². The van der Waals surface area contributed by atoms with Crippen LogP contribution in [0.2, 0.25) is 0 Å². The van der Waals surface area contributed by atoms with Gasteiger partial charge in [0.15, 0.2) is 0 Å². The van der Waals surface area contributed by atoms with Crippen molar-refractivity contribution in [1.82, 2.24) is 5.16 Å². The number of rotatable bonds is 3. The third-order valence-electron chi connectivity index (χ3n) is 2.68. The van der Waals surface area contributed by atoms with Crippen LogP contribution < -0.4 is 5.63 Å². The summed E-state index contributed by atoms with van der Waals surface area (Å²) in [6.45, 7) is 3.77. The average Bonchev–Trinajstić information content (AvgIpc) is 2.71. The van der Waals surface area contributed by atoms with Gasteiger partial charge >= 0.3 is 5.63 Å². The molecule has 0 bridgehead atoms. The molecule has 1 aromatic carbocycles. The highest BCUT2D eigenvalue weighted by Crippen LogP contribution is 2.26. The molecule has 1 aromatic heterocycles. The molecule has 0 fully saturated rings. The maximum absolute atomic E-state index is 11.5. The molecule has 0 saturated heterocycles. The summed E-state index contributed by atoms with van der Waals surface area (Å²) in [6.07, 6.45) is 0. The normalized spacial score (nSPS) is 10.8. The molecule has 18 heavy (non-hydrogen) atoms. The van der Waals surface area contributed by atoms with Crippen LogP contribution in [-0.4, -0.2) is 10.1 Å². The van der Waals surface area contributed by atoms with Crippen LogP contribution >= 0.6 is 0 Å². The smallest absolute Gasteiger partial charge is 0.338 e. The number of benzene rings is 1. The summed E-state index contributed by atoms with van der Waals surface area (Å²) in [7, 11) is 0. The second kappa shape index (κ2) is 4.48. The number of nitrogens with one attached hydrogen (secondary N) is 1. The SMILES string of the molecule is CC(C)c1c(-c2ccc([N+](=O)[O-])cc2)[nH]oc1=O. The number of non-ortho nitro benzene ring substituents is 1. The first-order valence-corrected chi connectivity index (χ1v) is 5.47. The van der Waals surface area contributed by atoms with Crippen LogP contribution in [-0.2, 0) is 0 Å². The highest BCUT2D eigenvalue weighted by molar-refractivity contribution is 5.64. The number of hydrogen-bond acceptors (Lipinski definition) is 4. The maximum Gasteiger partial charge on any atom is 0.361 e. The fourth-order valence-electron chi connectivity index (χ4n) is 1.80. The van der Waals surface area contributed by atoms with Gasteiger partial charge in [-0.25, -0.2) is 9.95 Å². The molecule has 2 rings (SSSR count). The van der Waals surface area contributed by atoms with E-state index in [2.05, 4.69) is 5.16 Å². The summed E-state index contributed by atoms with van der Waals surface area (Å²) in [5.74, 6) is 0.0118. The Balaban J connectivity index is 2.49. The Labute approximate surface area is 102 Å². The van der Waals surface area contributed by atoms with Gasteiger partial charge in [0, 0.05) is 17.7 Å².